The van der Waals surface area contributed by atoms with E-state index in [9.17, 15) is 4.79 Å². The zero-order valence-electron chi connectivity index (χ0n) is 15.6. The third-order valence-electron chi connectivity index (χ3n) is 4.01. The van der Waals surface area contributed by atoms with E-state index in [0.717, 1.165) is 16.1 Å². The molecule has 2 aromatic carbocycles. The number of amides is 1. The first kappa shape index (κ1) is 20.3. The molecule has 0 aliphatic rings. The Morgan fingerprint density at radius 1 is 1.10 bits per heavy atom. The third kappa shape index (κ3) is 4.96. The van der Waals surface area contributed by atoms with Crippen LogP contribution in [0.15, 0.2) is 82.4 Å². The van der Waals surface area contributed by atoms with Crippen LogP contribution in [-0.4, -0.2) is 32.6 Å². The lowest BCUT2D eigenvalue weighted by Gasteiger charge is -2.10. The van der Waals surface area contributed by atoms with Crippen LogP contribution in [-0.2, 0) is 4.79 Å². The number of nitrogens with one attached hydrogen (secondary N) is 1. The zero-order valence-corrected chi connectivity index (χ0v) is 18.0. The Morgan fingerprint density at radius 2 is 1.90 bits per heavy atom. The highest BCUT2D eigenvalue weighted by molar-refractivity contribution is 7.99. The molecule has 9 heteroatoms. The fourth-order valence-electron chi connectivity index (χ4n) is 2.66. The highest BCUT2D eigenvalue weighted by Crippen LogP contribution is 2.28. The molecule has 0 saturated carbocycles. The van der Waals surface area contributed by atoms with Crippen LogP contribution < -0.4 is 5.43 Å². The van der Waals surface area contributed by atoms with Crippen LogP contribution >= 0.6 is 34.7 Å². The van der Waals surface area contributed by atoms with Gasteiger partial charge in [-0.05, 0) is 35.7 Å². The highest BCUT2D eigenvalue weighted by atomic mass is 35.5. The fourth-order valence-corrected chi connectivity index (χ4v) is 4.11. The van der Waals surface area contributed by atoms with Crippen molar-refractivity contribution in [3.8, 4) is 17.1 Å². The van der Waals surface area contributed by atoms with Crippen LogP contribution in [0.5, 0.6) is 0 Å². The molecule has 1 N–H and O–H groups in total. The van der Waals surface area contributed by atoms with Crippen molar-refractivity contribution >= 4 is 46.8 Å². The molecule has 0 bridgehead atoms. The molecule has 2 aromatic heterocycles. The summed E-state index contributed by atoms with van der Waals surface area (Å²) in [6.07, 6.45) is 1.62. The van der Waals surface area contributed by atoms with Crippen LogP contribution in [0.2, 0.25) is 5.02 Å². The number of carbonyl (C=O) groups is 1. The van der Waals surface area contributed by atoms with Gasteiger partial charge in [0.05, 0.1) is 12.0 Å². The second kappa shape index (κ2) is 9.71. The van der Waals surface area contributed by atoms with E-state index in [1.165, 1.54) is 11.8 Å². The Bertz CT molecular complexity index is 1140. The molecule has 1 amide bonds. The summed E-state index contributed by atoms with van der Waals surface area (Å²) in [5.74, 6) is 0.624. The van der Waals surface area contributed by atoms with Crippen LogP contribution in [0, 0.1) is 0 Å². The molecule has 0 aliphatic carbocycles. The molecule has 0 unspecified atom stereocenters. The number of carbonyl (C=O) groups excluding carboxylic acids is 1. The summed E-state index contributed by atoms with van der Waals surface area (Å²) in [4.78, 5) is 13.2. The van der Waals surface area contributed by atoms with Gasteiger partial charge in [0.1, 0.15) is 0 Å². The van der Waals surface area contributed by atoms with Gasteiger partial charge in [-0.1, -0.05) is 59.8 Å². The van der Waals surface area contributed by atoms with Gasteiger partial charge in [0.15, 0.2) is 11.0 Å². The lowest BCUT2D eigenvalue weighted by Crippen LogP contribution is -2.19. The number of nitrogens with zero attached hydrogens (tertiary/aromatic N) is 4. The smallest absolute Gasteiger partial charge is 0.250 e. The predicted octanol–water partition coefficient (Wildman–Crippen LogP) is 4.89. The number of thioether (sulfide) groups is 1. The molecule has 150 valence electrons. The molecule has 4 rings (SSSR count). The number of halogens is 1. The van der Waals surface area contributed by atoms with Crippen molar-refractivity contribution in [3.05, 3.63) is 82.0 Å². The maximum Gasteiger partial charge on any atom is 0.250 e. The van der Waals surface area contributed by atoms with Crippen molar-refractivity contribution in [1.29, 1.82) is 0 Å². The molecular formula is C21H16ClN5OS2. The van der Waals surface area contributed by atoms with Crippen molar-refractivity contribution in [1.82, 2.24) is 20.2 Å². The molecule has 30 heavy (non-hydrogen) atoms. The molecule has 0 aliphatic heterocycles. The average molecular weight is 454 g/mol. The first-order chi connectivity index (χ1) is 14.7. The maximum atomic E-state index is 12.2. The van der Waals surface area contributed by atoms with Gasteiger partial charge in [-0.15, -0.1) is 21.5 Å². The van der Waals surface area contributed by atoms with Crippen LogP contribution in [0.3, 0.4) is 0 Å². The summed E-state index contributed by atoms with van der Waals surface area (Å²) in [6.45, 7) is 0. The summed E-state index contributed by atoms with van der Waals surface area (Å²) in [5, 5.41) is 15.9. The molecule has 0 saturated heterocycles. The van der Waals surface area contributed by atoms with E-state index < -0.39 is 0 Å². The highest BCUT2D eigenvalue weighted by Gasteiger charge is 2.17. The molecular weight excluding hydrogens is 438 g/mol. The third-order valence-corrected chi connectivity index (χ3v) is 5.99. The van der Waals surface area contributed by atoms with Gasteiger partial charge in [-0.25, -0.2) is 5.43 Å². The quantitative estimate of drug-likeness (QED) is 0.245. The molecule has 0 radical (unpaired) electrons. The van der Waals surface area contributed by atoms with Crippen molar-refractivity contribution in [3.63, 3.8) is 0 Å². The Hall–Kier alpha value is -2.94. The minimum Gasteiger partial charge on any atom is -0.272 e. The summed E-state index contributed by atoms with van der Waals surface area (Å²) < 4.78 is 1.92. The largest absolute Gasteiger partial charge is 0.272 e. The van der Waals surface area contributed by atoms with Gasteiger partial charge < -0.3 is 0 Å². The number of thiophene rings is 1. The van der Waals surface area contributed by atoms with Crippen LogP contribution in [0.4, 0.5) is 0 Å². The summed E-state index contributed by atoms with van der Waals surface area (Å²) in [5.41, 5.74) is 4.33. The van der Waals surface area contributed by atoms with Gasteiger partial charge in [0, 0.05) is 21.2 Å². The first-order valence-corrected chi connectivity index (χ1v) is 11.2. The Kier molecular flexibility index (Phi) is 6.58. The number of hydrogen-bond donors (Lipinski definition) is 1. The molecule has 0 fully saturated rings. The lowest BCUT2D eigenvalue weighted by molar-refractivity contribution is -0.118. The predicted molar refractivity (Wildman–Crippen MR) is 123 cm³/mol. The molecule has 4 aromatic rings. The van der Waals surface area contributed by atoms with Gasteiger partial charge >= 0.3 is 0 Å². The maximum absolute atomic E-state index is 12.2. The second-order valence-electron chi connectivity index (χ2n) is 6.08. The van der Waals surface area contributed by atoms with E-state index in [1.807, 2.05) is 76.7 Å². The normalized spacial score (nSPS) is 11.1. The van der Waals surface area contributed by atoms with Gasteiger partial charge in [-0.2, -0.15) is 5.10 Å². The minimum absolute atomic E-state index is 0.155. The standard InChI is InChI=1S/C21H16ClN5OS2/c22-16-8-10-17(11-9-16)27-20(15-5-2-1-3-6-15)25-26-21(27)30-14-19(28)24-23-13-18-7-4-12-29-18/h1-13H,14H2,(H,24,28). The lowest BCUT2D eigenvalue weighted by atomic mass is 10.2. The average Bonchev–Trinajstić information content (AvgIpc) is 3.43. The first-order valence-electron chi connectivity index (χ1n) is 8.96. The number of benzene rings is 2. The van der Waals surface area contributed by atoms with E-state index in [0.29, 0.717) is 16.0 Å². The Labute approximate surface area is 186 Å². The Morgan fingerprint density at radius 3 is 2.63 bits per heavy atom. The second-order valence-corrected chi connectivity index (χ2v) is 8.44. The molecule has 0 spiro atoms. The number of hydrazone groups is 1. The van der Waals surface area contributed by atoms with Crippen molar-refractivity contribution < 1.29 is 4.79 Å². The van der Waals surface area contributed by atoms with E-state index in [4.69, 9.17) is 11.6 Å². The summed E-state index contributed by atoms with van der Waals surface area (Å²) >= 11 is 8.89. The van der Waals surface area contributed by atoms with Crippen LogP contribution in [0.1, 0.15) is 4.88 Å². The zero-order chi connectivity index (χ0) is 20.8. The number of aromatic nitrogens is 3. The van der Waals surface area contributed by atoms with E-state index in [2.05, 4.69) is 20.7 Å². The van der Waals surface area contributed by atoms with E-state index in [1.54, 1.807) is 17.6 Å². The van der Waals surface area contributed by atoms with Gasteiger partial charge in [0.2, 0.25) is 0 Å². The number of hydrogen-bond acceptors (Lipinski definition) is 6. The topological polar surface area (TPSA) is 72.2 Å². The fraction of sp³-hybridized carbons (Fsp3) is 0.0476. The SMILES string of the molecule is O=C(CSc1nnc(-c2ccccc2)n1-c1ccc(Cl)cc1)NN=Cc1cccs1. The van der Waals surface area contributed by atoms with Crippen molar-refractivity contribution in [2.45, 2.75) is 5.16 Å². The Balaban J connectivity index is 1.53. The summed E-state index contributed by atoms with van der Waals surface area (Å²) in [7, 11) is 0. The number of rotatable bonds is 7. The van der Waals surface area contributed by atoms with Crippen molar-refractivity contribution in [2.24, 2.45) is 5.10 Å². The van der Waals surface area contributed by atoms with Gasteiger partial charge in [0.25, 0.3) is 5.91 Å². The van der Waals surface area contributed by atoms with E-state index >= 15 is 0 Å². The minimum atomic E-state index is -0.222. The van der Waals surface area contributed by atoms with Gasteiger partial charge in [-0.3, -0.25) is 9.36 Å². The molecule has 6 nitrogen and oxygen atoms in total. The molecule has 2 heterocycles. The van der Waals surface area contributed by atoms with Crippen molar-refractivity contribution in [2.75, 3.05) is 5.75 Å². The monoisotopic (exact) mass is 453 g/mol. The summed E-state index contributed by atoms with van der Waals surface area (Å²) in [6, 6.07) is 21.0. The molecule has 0 atom stereocenters. The van der Waals surface area contributed by atoms with Crippen LogP contribution in [0.25, 0.3) is 17.1 Å². The van der Waals surface area contributed by atoms with E-state index in [-0.39, 0.29) is 11.7 Å².